The summed E-state index contributed by atoms with van der Waals surface area (Å²) in [6, 6.07) is 28.5. The smallest absolute Gasteiger partial charge is 0.254 e. The number of nitrogens with one attached hydrogen (secondary N) is 2. The normalized spacial score (nSPS) is 13.3. The van der Waals surface area contributed by atoms with E-state index in [0.717, 1.165) is 44.8 Å². The largest absolute Gasteiger partial charge is 0.507 e. The number of benzene rings is 3. The summed E-state index contributed by atoms with van der Waals surface area (Å²) in [5.41, 5.74) is 9.81. The van der Waals surface area contributed by atoms with E-state index in [2.05, 4.69) is 38.7 Å². The monoisotopic (exact) mass is 1110 g/mol. The van der Waals surface area contributed by atoms with Crippen LogP contribution in [0.5, 0.6) is 40.6 Å². The van der Waals surface area contributed by atoms with Crippen molar-refractivity contribution >= 4 is 58.0 Å². The predicted molar refractivity (Wildman–Crippen MR) is 308 cm³/mol. The molecule has 15 nitrogen and oxygen atoms in total. The highest BCUT2D eigenvalue weighted by Gasteiger charge is 2.29. The minimum atomic E-state index is -0.231. The van der Waals surface area contributed by atoms with Crippen LogP contribution in [-0.4, -0.2) is 59.3 Å². The van der Waals surface area contributed by atoms with Gasteiger partial charge in [0.05, 0.1) is 17.1 Å². The van der Waals surface area contributed by atoms with Crippen molar-refractivity contribution in [3.05, 3.63) is 210 Å². The molecule has 6 heterocycles. The number of halogens is 3. The van der Waals surface area contributed by atoms with Crippen LogP contribution in [0.3, 0.4) is 0 Å². The van der Waals surface area contributed by atoms with Gasteiger partial charge in [-0.15, -0.1) is 0 Å². The highest BCUT2D eigenvalue weighted by molar-refractivity contribution is 6.32. The Labute approximate surface area is 468 Å². The van der Waals surface area contributed by atoms with Gasteiger partial charge >= 0.3 is 0 Å². The zero-order chi connectivity index (χ0) is 56.5. The number of carbonyl (C=O) groups is 2. The lowest BCUT2D eigenvalue weighted by Crippen LogP contribution is -2.40. The minimum absolute atomic E-state index is 0.00491. The molecule has 2 aliphatic heterocycles. The Bertz CT molecular complexity index is 3460. The summed E-state index contributed by atoms with van der Waals surface area (Å²) in [6.45, 7) is 27.1. The second-order valence-corrected chi connectivity index (χ2v) is 19.2. The third kappa shape index (κ3) is 12.7. The number of hydrogen-bond donors (Lipinski definition) is 3. The van der Waals surface area contributed by atoms with Crippen molar-refractivity contribution in [2.45, 2.75) is 68.9 Å². The molecule has 2 aliphatic rings. The maximum atomic E-state index is 12.2. The standard InChI is InChI=1S/2C20H20ClN3O2.C20H19ClN2O3/c2*1-5-24-14(4)23-19(25)13(3)18(24)16-9-8-15(11-12(16)2)26-20-17(21)7-6-10-22-20;1-4-23-18(25)11-17(24)13(3)19(23)15-8-7-14(10-12(15)2)26-20-16(21)6-5-9-22-20/h2*6-11H,4-5H2,1-3H3,(H,23,25);5-11,24H,4H2,1-3H3. The topological polar surface area (TPSA) is 173 Å². The lowest BCUT2D eigenvalue weighted by Gasteiger charge is -2.34. The summed E-state index contributed by atoms with van der Waals surface area (Å²) < 4.78 is 19.0. The quantitative estimate of drug-likeness (QED) is 0.106. The average molecular weight is 1110 g/mol. The van der Waals surface area contributed by atoms with Gasteiger partial charge in [0.2, 0.25) is 17.6 Å². The van der Waals surface area contributed by atoms with Crippen LogP contribution in [0, 0.1) is 27.7 Å². The molecule has 0 bridgehead atoms. The first-order valence-corrected chi connectivity index (χ1v) is 26.0. The fourth-order valence-electron chi connectivity index (χ4n) is 8.84. The van der Waals surface area contributed by atoms with E-state index >= 15 is 0 Å². The lowest BCUT2D eigenvalue weighted by molar-refractivity contribution is -0.118. The molecule has 0 atom stereocenters. The molecule has 0 saturated heterocycles. The second-order valence-electron chi connectivity index (χ2n) is 17.9. The van der Waals surface area contributed by atoms with Crippen molar-refractivity contribution < 1.29 is 28.9 Å². The Hall–Kier alpha value is -8.37. The van der Waals surface area contributed by atoms with Crippen LogP contribution in [0.25, 0.3) is 22.7 Å². The molecule has 7 aromatic rings. The van der Waals surface area contributed by atoms with E-state index in [4.69, 9.17) is 49.0 Å². The van der Waals surface area contributed by atoms with Gasteiger partial charge in [-0.3, -0.25) is 14.4 Å². The van der Waals surface area contributed by atoms with E-state index in [1.54, 1.807) is 72.5 Å². The van der Waals surface area contributed by atoms with Crippen molar-refractivity contribution in [1.29, 1.82) is 0 Å². The third-order valence-corrected chi connectivity index (χ3v) is 13.6. The first-order valence-electron chi connectivity index (χ1n) is 24.8. The van der Waals surface area contributed by atoms with Gasteiger partial charge in [0.25, 0.3) is 17.4 Å². The maximum absolute atomic E-state index is 12.2. The molecule has 0 saturated carbocycles. The van der Waals surface area contributed by atoms with Gasteiger partial charge in [-0.2, -0.15) is 0 Å². The van der Waals surface area contributed by atoms with Crippen LogP contribution >= 0.6 is 34.8 Å². The molecule has 3 N–H and O–H groups in total. The van der Waals surface area contributed by atoms with E-state index in [1.165, 1.54) is 6.07 Å². The number of rotatable bonds is 12. The SMILES string of the molecule is C=C1NC(=O)C(C)=C(c2ccc(Oc3ncccc3Cl)cc2C)N1CC.C=C1NC(=O)C(C)=C(c2ccc(Oc3ncccc3Cl)cc2C)N1CC.CCn1c(-c2ccc(Oc3ncccc3Cl)cc2C)c(C)c(O)cc1=O. The number of hydrogen-bond acceptors (Lipinski definition) is 12. The molecule has 0 aliphatic carbocycles. The van der Waals surface area contributed by atoms with Gasteiger partial charge in [0, 0.05) is 77.7 Å². The van der Waals surface area contributed by atoms with Crippen LogP contribution < -0.4 is 30.4 Å². The van der Waals surface area contributed by atoms with E-state index in [-0.39, 0.29) is 23.1 Å². The van der Waals surface area contributed by atoms with Crippen LogP contribution in [0.4, 0.5) is 0 Å². The van der Waals surface area contributed by atoms with Crippen molar-refractivity contribution in [1.82, 2.24) is 40.0 Å². The fraction of sp³-hybridized carbons (Fsp3) is 0.200. The number of carbonyl (C=O) groups excluding carboxylic acids is 2. The molecular weight excluding hydrogens is 1050 g/mol. The molecule has 78 heavy (non-hydrogen) atoms. The maximum Gasteiger partial charge on any atom is 0.254 e. The molecule has 18 heteroatoms. The molecule has 0 spiro atoms. The molecular formula is C60H59Cl3N8O7. The van der Waals surface area contributed by atoms with Crippen molar-refractivity contribution in [2.24, 2.45) is 0 Å². The van der Waals surface area contributed by atoms with Crippen LogP contribution in [0.1, 0.15) is 68.0 Å². The summed E-state index contributed by atoms with van der Waals surface area (Å²) in [6.07, 6.45) is 4.86. The Morgan fingerprint density at radius 3 is 1.21 bits per heavy atom. The number of ether oxygens (including phenoxy) is 3. The highest BCUT2D eigenvalue weighted by atomic mass is 35.5. The first-order chi connectivity index (χ1) is 37.3. The number of amides is 2. The number of aromatic hydroxyl groups is 1. The molecule has 402 valence electrons. The second kappa shape index (κ2) is 25.2. The summed E-state index contributed by atoms with van der Waals surface area (Å²) >= 11 is 18.3. The summed E-state index contributed by atoms with van der Waals surface area (Å²) in [5, 5.41) is 17.0. The summed E-state index contributed by atoms with van der Waals surface area (Å²) in [4.78, 5) is 53.0. The molecule has 0 radical (unpaired) electrons. The van der Waals surface area contributed by atoms with Crippen LogP contribution in [-0.2, 0) is 16.1 Å². The molecule has 3 aromatic carbocycles. The van der Waals surface area contributed by atoms with E-state index in [9.17, 15) is 19.5 Å². The average Bonchev–Trinajstić information content (AvgIpc) is 3.46. The number of pyridine rings is 4. The molecule has 2 amide bonds. The highest BCUT2D eigenvalue weighted by Crippen LogP contribution is 2.38. The fourth-order valence-corrected chi connectivity index (χ4v) is 9.32. The van der Waals surface area contributed by atoms with Gasteiger partial charge in [-0.05, 0) is 170 Å². The van der Waals surface area contributed by atoms with E-state index in [0.29, 0.717) is 104 Å². The Morgan fingerprint density at radius 1 is 0.526 bits per heavy atom. The third-order valence-electron chi connectivity index (χ3n) is 12.8. The molecule has 0 unspecified atom stereocenters. The van der Waals surface area contributed by atoms with Gasteiger partial charge in [0.1, 0.15) is 49.7 Å². The number of aromatic nitrogens is 4. The number of nitrogens with zero attached hydrogens (tertiary/aromatic N) is 6. The van der Waals surface area contributed by atoms with Gasteiger partial charge in [-0.25, -0.2) is 15.0 Å². The predicted octanol–water partition coefficient (Wildman–Crippen LogP) is 13.7. The van der Waals surface area contributed by atoms with E-state index < -0.39 is 0 Å². The molecule has 9 rings (SSSR count). The summed E-state index contributed by atoms with van der Waals surface area (Å²) in [5.74, 6) is 3.81. The Morgan fingerprint density at radius 2 is 0.885 bits per heavy atom. The first kappa shape index (κ1) is 57.3. The number of aryl methyl sites for hydroxylation is 3. The molecule has 4 aromatic heterocycles. The van der Waals surface area contributed by atoms with Crippen molar-refractivity contribution in [3.63, 3.8) is 0 Å². The Balaban J connectivity index is 0.000000170. The summed E-state index contributed by atoms with van der Waals surface area (Å²) in [7, 11) is 0. The van der Waals surface area contributed by atoms with Gasteiger partial charge in [-0.1, -0.05) is 48.0 Å². The zero-order valence-electron chi connectivity index (χ0n) is 44.7. The molecule has 0 fully saturated rings. The van der Waals surface area contributed by atoms with Crippen molar-refractivity contribution in [3.8, 4) is 51.9 Å². The van der Waals surface area contributed by atoms with Gasteiger partial charge in [0.15, 0.2) is 0 Å². The van der Waals surface area contributed by atoms with E-state index in [1.807, 2.05) is 114 Å². The lowest BCUT2D eigenvalue weighted by atomic mass is 9.98. The minimum Gasteiger partial charge on any atom is -0.507 e. The van der Waals surface area contributed by atoms with Gasteiger partial charge < -0.3 is 44.3 Å². The van der Waals surface area contributed by atoms with Crippen molar-refractivity contribution in [2.75, 3.05) is 13.1 Å². The van der Waals surface area contributed by atoms with Crippen LogP contribution in [0.2, 0.25) is 15.1 Å². The zero-order valence-corrected chi connectivity index (χ0v) is 47.0. The Kier molecular flexibility index (Phi) is 18.5. The van der Waals surface area contributed by atoms with Crippen LogP contribution in [0.15, 0.2) is 156 Å².